The lowest BCUT2D eigenvalue weighted by Gasteiger charge is -2.32. The standard InChI is InChI=1S/C17H17NO3S/c19-16(18-14-7-13(8-14)17(20)21)10-22-15-6-5-11-3-1-2-4-12(11)9-15/h1-6,9,13-14H,7-8,10H2,(H,18,19)(H,20,21). The second-order valence-electron chi connectivity index (χ2n) is 5.57. The Bertz CT molecular complexity index is 710. The van der Waals surface area contributed by atoms with Crippen molar-refractivity contribution in [3.63, 3.8) is 0 Å². The number of carboxylic acid groups (broad SMARTS) is 1. The summed E-state index contributed by atoms with van der Waals surface area (Å²) in [6.45, 7) is 0. The van der Waals surface area contributed by atoms with E-state index in [1.165, 1.54) is 17.1 Å². The van der Waals surface area contributed by atoms with Gasteiger partial charge in [-0.05, 0) is 35.7 Å². The zero-order valence-electron chi connectivity index (χ0n) is 12.0. The minimum atomic E-state index is -0.768. The first-order chi connectivity index (χ1) is 10.6. The summed E-state index contributed by atoms with van der Waals surface area (Å²) in [5.74, 6) is -0.742. The Morgan fingerprint density at radius 1 is 1.14 bits per heavy atom. The molecule has 1 amide bonds. The topological polar surface area (TPSA) is 66.4 Å². The molecule has 0 aliphatic heterocycles. The molecular weight excluding hydrogens is 298 g/mol. The maximum absolute atomic E-state index is 11.9. The van der Waals surface area contributed by atoms with Crippen LogP contribution in [0, 0.1) is 5.92 Å². The average Bonchev–Trinajstić information content (AvgIpc) is 2.47. The number of carbonyl (C=O) groups excluding carboxylic acids is 1. The monoisotopic (exact) mass is 315 g/mol. The number of aliphatic carboxylic acids is 1. The van der Waals surface area contributed by atoms with Gasteiger partial charge in [-0.1, -0.05) is 30.3 Å². The molecule has 5 heteroatoms. The number of fused-ring (bicyclic) bond motifs is 1. The first kappa shape index (κ1) is 14.9. The van der Waals surface area contributed by atoms with E-state index in [9.17, 15) is 9.59 Å². The van der Waals surface area contributed by atoms with E-state index >= 15 is 0 Å². The van der Waals surface area contributed by atoms with Gasteiger partial charge >= 0.3 is 5.97 Å². The molecule has 0 radical (unpaired) electrons. The van der Waals surface area contributed by atoms with Crippen LogP contribution in [0.25, 0.3) is 10.8 Å². The molecule has 1 saturated carbocycles. The molecule has 1 aliphatic carbocycles. The minimum absolute atomic E-state index is 0.0193. The lowest BCUT2D eigenvalue weighted by molar-refractivity contribution is -0.146. The Morgan fingerprint density at radius 3 is 2.59 bits per heavy atom. The fourth-order valence-corrected chi connectivity index (χ4v) is 3.37. The summed E-state index contributed by atoms with van der Waals surface area (Å²) in [6.07, 6.45) is 1.09. The number of thioether (sulfide) groups is 1. The Balaban J connectivity index is 1.49. The van der Waals surface area contributed by atoms with Gasteiger partial charge in [0.05, 0.1) is 11.7 Å². The lowest BCUT2D eigenvalue weighted by Crippen LogP contribution is -2.47. The summed E-state index contributed by atoms with van der Waals surface area (Å²) in [7, 11) is 0. The molecule has 0 saturated heterocycles. The van der Waals surface area contributed by atoms with Crippen molar-refractivity contribution in [3.05, 3.63) is 42.5 Å². The van der Waals surface area contributed by atoms with Crippen molar-refractivity contribution >= 4 is 34.4 Å². The fourth-order valence-electron chi connectivity index (χ4n) is 2.61. The molecule has 0 heterocycles. The fraction of sp³-hybridized carbons (Fsp3) is 0.294. The maximum atomic E-state index is 11.9. The average molecular weight is 315 g/mol. The molecule has 1 aliphatic rings. The van der Waals surface area contributed by atoms with E-state index in [4.69, 9.17) is 5.11 Å². The van der Waals surface area contributed by atoms with Crippen LogP contribution in [0.4, 0.5) is 0 Å². The van der Waals surface area contributed by atoms with Gasteiger partial charge in [0.25, 0.3) is 0 Å². The summed E-state index contributed by atoms with van der Waals surface area (Å²) in [4.78, 5) is 23.7. The summed E-state index contributed by atoms with van der Waals surface area (Å²) in [6, 6.07) is 14.3. The Labute approximate surface area is 132 Å². The molecule has 1 fully saturated rings. The number of hydrogen-bond donors (Lipinski definition) is 2. The van der Waals surface area contributed by atoms with Crippen LogP contribution in [-0.2, 0) is 9.59 Å². The van der Waals surface area contributed by atoms with Crippen LogP contribution in [-0.4, -0.2) is 28.8 Å². The first-order valence-electron chi connectivity index (χ1n) is 7.25. The maximum Gasteiger partial charge on any atom is 0.306 e. The van der Waals surface area contributed by atoms with E-state index in [2.05, 4.69) is 29.6 Å². The van der Waals surface area contributed by atoms with Gasteiger partial charge in [-0.3, -0.25) is 9.59 Å². The molecule has 2 aromatic carbocycles. The molecule has 0 bridgehead atoms. The molecule has 22 heavy (non-hydrogen) atoms. The van der Waals surface area contributed by atoms with Gasteiger partial charge in [-0.15, -0.1) is 11.8 Å². The van der Waals surface area contributed by atoms with Crippen molar-refractivity contribution in [2.45, 2.75) is 23.8 Å². The van der Waals surface area contributed by atoms with Gasteiger partial charge in [0.2, 0.25) is 5.91 Å². The Morgan fingerprint density at radius 2 is 1.86 bits per heavy atom. The van der Waals surface area contributed by atoms with Crippen LogP contribution in [0.2, 0.25) is 0 Å². The molecule has 0 unspecified atom stereocenters. The number of carbonyl (C=O) groups is 2. The zero-order chi connectivity index (χ0) is 15.5. The first-order valence-corrected chi connectivity index (χ1v) is 8.24. The number of rotatable bonds is 5. The normalized spacial score (nSPS) is 20.4. The number of amides is 1. The van der Waals surface area contributed by atoms with E-state index in [0.717, 1.165) is 10.3 Å². The highest BCUT2D eigenvalue weighted by Crippen LogP contribution is 2.28. The molecule has 0 atom stereocenters. The van der Waals surface area contributed by atoms with Gasteiger partial charge in [0, 0.05) is 10.9 Å². The van der Waals surface area contributed by atoms with Crippen LogP contribution in [0.5, 0.6) is 0 Å². The highest BCUT2D eigenvalue weighted by atomic mass is 32.2. The predicted molar refractivity (Wildman–Crippen MR) is 87.0 cm³/mol. The quantitative estimate of drug-likeness (QED) is 0.833. The van der Waals surface area contributed by atoms with E-state index in [0.29, 0.717) is 18.6 Å². The van der Waals surface area contributed by atoms with Gasteiger partial charge in [0.1, 0.15) is 0 Å². The highest BCUT2D eigenvalue weighted by molar-refractivity contribution is 8.00. The summed E-state index contributed by atoms with van der Waals surface area (Å²) in [5, 5.41) is 14.0. The summed E-state index contributed by atoms with van der Waals surface area (Å²) >= 11 is 1.50. The zero-order valence-corrected chi connectivity index (χ0v) is 12.8. The number of carboxylic acids is 1. The summed E-state index contributed by atoms with van der Waals surface area (Å²) in [5.41, 5.74) is 0. The Hall–Kier alpha value is -2.01. The van der Waals surface area contributed by atoms with Crippen LogP contribution >= 0.6 is 11.8 Å². The van der Waals surface area contributed by atoms with Crippen LogP contribution in [0.1, 0.15) is 12.8 Å². The summed E-state index contributed by atoms with van der Waals surface area (Å²) < 4.78 is 0. The van der Waals surface area contributed by atoms with Crippen molar-refractivity contribution in [1.29, 1.82) is 0 Å². The molecule has 4 nitrogen and oxygen atoms in total. The minimum Gasteiger partial charge on any atom is -0.481 e. The molecule has 0 aromatic heterocycles. The largest absolute Gasteiger partial charge is 0.481 e. The van der Waals surface area contributed by atoms with Gasteiger partial charge in [-0.2, -0.15) is 0 Å². The van der Waals surface area contributed by atoms with Crippen LogP contribution in [0.15, 0.2) is 47.4 Å². The molecule has 0 spiro atoms. The van der Waals surface area contributed by atoms with Crippen molar-refractivity contribution in [2.75, 3.05) is 5.75 Å². The smallest absolute Gasteiger partial charge is 0.306 e. The van der Waals surface area contributed by atoms with Crippen LogP contribution < -0.4 is 5.32 Å². The van der Waals surface area contributed by atoms with Crippen molar-refractivity contribution in [1.82, 2.24) is 5.32 Å². The van der Waals surface area contributed by atoms with E-state index in [1.807, 2.05) is 18.2 Å². The predicted octanol–water partition coefficient (Wildman–Crippen LogP) is 2.91. The number of hydrogen-bond acceptors (Lipinski definition) is 3. The van der Waals surface area contributed by atoms with Crippen molar-refractivity contribution in [2.24, 2.45) is 5.92 Å². The molecule has 114 valence electrons. The van der Waals surface area contributed by atoms with Crippen LogP contribution in [0.3, 0.4) is 0 Å². The van der Waals surface area contributed by atoms with E-state index in [1.54, 1.807) is 0 Å². The molecule has 2 aromatic rings. The van der Waals surface area contributed by atoms with Gasteiger partial charge < -0.3 is 10.4 Å². The molecule has 2 N–H and O–H groups in total. The SMILES string of the molecule is O=C(CSc1ccc2ccccc2c1)NC1CC(C(=O)O)C1. The molecule has 3 rings (SSSR count). The van der Waals surface area contributed by atoms with Crippen molar-refractivity contribution in [3.8, 4) is 0 Å². The third-order valence-electron chi connectivity index (χ3n) is 3.94. The third kappa shape index (κ3) is 3.42. The second kappa shape index (κ2) is 6.40. The van der Waals surface area contributed by atoms with E-state index in [-0.39, 0.29) is 17.9 Å². The third-order valence-corrected chi connectivity index (χ3v) is 4.94. The number of benzene rings is 2. The Kier molecular flexibility index (Phi) is 4.34. The highest BCUT2D eigenvalue weighted by Gasteiger charge is 2.35. The van der Waals surface area contributed by atoms with Gasteiger partial charge in [-0.25, -0.2) is 0 Å². The van der Waals surface area contributed by atoms with Gasteiger partial charge in [0.15, 0.2) is 0 Å². The molecular formula is C17H17NO3S. The second-order valence-corrected chi connectivity index (χ2v) is 6.62. The lowest BCUT2D eigenvalue weighted by atomic mass is 9.80. The van der Waals surface area contributed by atoms with E-state index < -0.39 is 5.97 Å². The van der Waals surface area contributed by atoms with Crippen molar-refractivity contribution < 1.29 is 14.7 Å². The number of nitrogens with one attached hydrogen (secondary N) is 1.